The van der Waals surface area contributed by atoms with Crippen LogP contribution in [0.25, 0.3) is 0 Å². The topological polar surface area (TPSA) is 18.5 Å². The standard InChI is InChI=1S/C13H20O2S/c1-6-16-10(3)13-11(14-4)7-9(2)8-12(13)15-5/h7-8,10H,6H2,1-5H3. The highest BCUT2D eigenvalue weighted by Gasteiger charge is 2.17. The van der Waals surface area contributed by atoms with E-state index in [1.54, 1.807) is 14.2 Å². The molecule has 3 heteroatoms. The Kier molecular flexibility index (Phi) is 5.00. The summed E-state index contributed by atoms with van der Waals surface area (Å²) >= 11 is 1.89. The summed E-state index contributed by atoms with van der Waals surface area (Å²) in [6.07, 6.45) is 0. The zero-order valence-electron chi connectivity index (χ0n) is 10.7. The number of hydrogen-bond acceptors (Lipinski definition) is 3. The highest BCUT2D eigenvalue weighted by atomic mass is 32.2. The van der Waals surface area contributed by atoms with E-state index in [2.05, 4.69) is 26.0 Å². The highest BCUT2D eigenvalue weighted by molar-refractivity contribution is 7.99. The summed E-state index contributed by atoms with van der Waals surface area (Å²) in [4.78, 5) is 0. The molecule has 2 nitrogen and oxygen atoms in total. The molecule has 0 aliphatic heterocycles. The van der Waals surface area contributed by atoms with Gasteiger partial charge in [0.2, 0.25) is 0 Å². The van der Waals surface area contributed by atoms with Gasteiger partial charge in [0.1, 0.15) is 11.5 Å². The normalized spacial score (nSPS) is 12.3. The molecule has 0 spiro atoms. The van der Waals surface area contributed by atoms with Crippen LogP contribution in [0.3, 0.4) is 0 Å². The maximum atomic E-state index is 5.44. The first kappa shape index (κ1) is 13.2. The van der Waals surface area contributed by atoms with Crippen LogP contribution in [-0.4, -0.2) is 20.0 Å². The van der Waals surface area contributed by atoms with Gasteiger partial charge >= 0.3 is 0 Å². The molecule has 0 aliphatic rings. The molecule has 0 saturated carbocycles. The van der Waals surface area contributed by atoms with E-state index in [0.29, 0.717) is 5.25 Å². The molecule has 16 heavy (non-hydrogen) atoms. The van der Waals surface area contributed by atoms with Gasteiger partial charge in [0.25, 0.3) is 0 Å². The first-order valence-corrected chi connectivity index (χ1v) is 6.53. The summed E-state index contributed by atoms with van der Waals surface area (Å²) in [5, 5.41) is 0.385. The van der Waals surface area contributed by atoms with Gasteiger partial charge in [0.05, 0.1) is 14.2 Å². The van der Waals surface area contributed by atoms with Crippen molar-refractivity contribution in [2.24, 2.45) is 0 Å². The molecule has 0 saturated heterocycles. The van der Waals surface area contributed by atoms with Crippen molar-refractivity contribution in [3.8, 4) is 11.5 Å². The molecule has 1 rings (SSSR count). The third-order valence-corrected chi connectivity index (χ3v) is 3.58. The van der Waals surface area contributed by atoms with Gasteiger partial charge < -0.3 is 9.47 Å². The van der Waals surface area contributed by atoms with Crippen molar-refractivity contribution < 1.29 is 9.47 Å². The predicted molar refractivity (Wildman–Crippen MR) is 70.8 cm³/mol. The molecule has 1 unspecified atom stereocenters. The van der Waals surface area contributed by atoms with Crippen LogP contribution in [0.4, 0.5) is 0 Å². The lowest BCUT2D eigenvalue weighted by Gasteiger charge is -2.19. The van der Waals surface area contributed by atoms with Crippen molar-refractivity contribution in [1.82, 2.24) is 0 Å². The third-order valence-electron chi connectivity index (χ3n) is 2.51. The fourth-order valence-electron chi connectivity index (χ4n) is 1.80. The lowest BCUT2D eigenvalue weighted by atomic mass is 10.1. The lowest BCUT2D eigenvalue weighted by molar-refractivity contribution is 0.385. The Bertz CT molecular complexity index is 325. The number of rotatable bonds is 5. The van der Waals surface area contributed by atoms with Crippen LogP contribution < -0.4 is 9.47 Å². The second-order valence-electron chi connectivity index (χ2n) is 3.68. The van der Waals surface area contributed by atoms with Crippen LogP contribution in [0.15, 0.2) is 12.1 Å². The Balaban J connectivity index is 3.21. The Labute approximate surface area is 102 Å². The summed E-state index contributed by atoms with van der Waals surface area (Å²) in [5.74, 6) is 2.93. The molecule has 1 atom stereocenters. The van der Waals surface area contributed by atoms with Crippen LogP contribution in [0.5, 0.6) is 11.5 Å². The highest BCUT2D eigenvalue weighted by Crippen LogP contribution is 2.41. The molecule has 1 aromatic carbocycles. The second kappa shape index (κ2) is 6.04. The van der Waals surface area contributed by atoms with E-state index in [1.807, 2.05) is 18.7 Å². The summed E-state index contributed by atoms with van der Waals surface area (Å²) in [6.45, 7) is 6.39. The number of methoxy groups -OCH3 is 2. The van der Waals surface area contributed by atoms with Crippen LogP contribution in [0.1, 0.15) is 30.2 Å². The monoisotopic (exact) mass is 240 g/mol. The van der Waals surface area contributed by atoms with E-state index in [0.717, 1.165) is 28.4 Å². The molecule has 0 bridgehead atoms. The van der Waals surface area contributed by atoms with Gasteiger partial charge in [0, 0.05) is 10.8 Å². The van der Waals surface area contributed by atoms with Gasteiger partial charge in [-0.2, -0.15) is 11.8 Å². The van der Waals surface area contributed by atoms with Gasteiger partial charge in [0.15, 0.2) is 0 Å². The summed E-state index contributed by atoms with van der Waals surface area (Å²) < 4.78 is 10.9. The zero-order valence-corrected chi connectivity index (χ0v) is 11.5. The van der Waals surface area contributed by atoms with Crippen LogP contribution in [0.2, 0.25) is 0 Å². The van der Waals surface area contributed by atoms with Crippen molar-refractivity contribution in [1.29, 1.82) is 0 Å². The van der Waals surface area contributed by atoms with Gasteiger partial charge in [-0.25, -0.2) is 0 Å². The van der Waals surface area contributed by atoms with Crippen molar-refractivity contribution >= 4 is 11.8 Å². The number of benzene rings is 1. The number of hydrogen-bond donors (Lipinski definition) is 0. The quantitative estimate of drug-likeness (QED) is 0.779. The van der Waals surface area contributed by atoms with Crippen LogP contribution in [0, 0.1) is 6.92 Å². The molecular formula is C13H20O2S. The van der Waals surface area contributed by atoms with E-state index in [1.165, 1.54) is 0 Å². The maximum Gasteiger partial charge on any atom is 0.127 e. The Morgan fingerprint density at radius 3 is 2.06 bits per heavy atom. The predicted octanol–water partition coefficient (Wildman–Crippen LogP) is 3.83. The van der Waals surface area contributed by atoms with Gasteiger partial charge in [-0.1, -0.05) is 6.92 Å². The minimum atomic E-state index is 0.385. The average Bonchev–Trinajstić information content (AvgIpc) is 2.27. The van der Waals surface area contributed by atoms with Crippen molar-refractivity contribution in [3.05, 3.63) is 23.3 Å². The van der Waals surface area contributed by atoms with Crippen LogP contribution in [-0.2, 0) is 0 Å². The van der Waals surface area contributed by atoms with E-state index < -0.39 is 0 Å². The largest absolute Gasteiger partial charge is 0.496 e. The SMILES string of the molecule is CCSC(C)c1c(OC)cc(C)cc1OC. The molecule has 0 aromatic heterocycles. The smallest absolute Gasteiger partial charge is 0.127 e. The van der Waals surface area contributed by atoms with E-state index in [9.17, 15) is 0 Å². The molecule has 90 valence electrons. The van der Waals surface area contributed by atoms with Crippen molar-refractivity contribution in [3.63, 3.8) is 0 Å². The number of thioether (sulfide) groups is 1. The first-order chi connectivity index (χ1) is 7.63. The van der Waals surface area contributed by atoms with E-state index >= 15 is 0 Å². The first-order valence-electron chi connectivity index (χ1n) is 5.48. The molecular weight excluding hydrogens is 220 g/mol. The van der Waals surface area contributed by atoms with Gasteiger partial charge in [-0.3, -0.25) is 0 Å². The fourth-order valence-corrected chi connectivity index (χ4v) is 2.70. The van der Waals surface area contributed by atoms with Crippen molar-refractivity contribution in [2.75, 3.05) is 20.0 Å². The lowest BCUT2D eigenvalue weighted by Crippen LogP contribution is -2.00. The molecule has 0 aliphatic carbocycles. The van der Waals surface area contributed by atoms with Gasteiger partial charge in [-0.15, -0.1) is 0 Å². The molecule has 1 aromatic rings. The maximum absolute atomic E-state index is 5.44. The minimum Gasteiger partial charge on any atom is -0.496 e. The fraction of sp³-hybridized carbons (Fsp3) is 0.538. The van der Waals surface area contributed by atoms with Gasteiger partial charge in [-0.05, 0) is 37.3 Å². The molecule has 0 amide bonds. The Hall–Kier alpha value is -0.830. The van der Waals surface area contributed by atoms with Crippen molar-refractivity contribution in [2.45, 2.75) is 26.0 Å². The number of ether oxygens (including phenoxy) is 2. The zero-order chi connectivity index (χ0) is 12.1. The molecule has 0 heterocycles. The molecule has 0 radical (unpaired) electrons. The van der Waals surface area contributed by atoms with E-state index in [4.69, 9.17) is 9.47 Å². The second-order valence-corrected chi connectivity index (χ2v) is 5.30. The van der Waals surface area contributed by atoms with Crippen LogP contribution >= 0.6 is 11.8 Å². The summed E-state index contributed by atoms with van der Waals surface area (Å²) in [6, 6.07) is 4.12. The summed E-state index contributed by atoms with van der Waals surface area (Å²) in [7, 11) is 3.42. The average molecular weight is 240 g/mol. The third kappa shape index (κ3) is 2.85. The molecule has 0 N–H and O–H groups in total. The number of aryl methyl sites for hydroxylation is 1. The minimum absolute atomic E-state index is 0.385. The molecule has 0 fully saturated rings. The Morgan fingerprint density at radius 1 is 1.19 bits per heavy atom. The van der Waals surface area contributed by atoms with E-state index in [-0.39, 0.29) is 0 Å². The Morgan fingerprint density at radius 2 is 1.69 bits per heavy atom. The summed E-state index contributed by atoms with van der Waals surface area (Å²) in [5.41, 5.74) is 2.31.